The van der Waals surface area contributed by atoms with E-state index >= 15 is 0 Å². The van der Waals surface area contributed by atoms with Gasteiger partial charge in [-0.15, -0.1) is 0 Å². The normalized spacial score (nSPS) is 12.7. The Bertz CT molecular complexity index is 695. The molecule has 0 radical (unpaired) electrons. The SMILES string of the molecule is CC(C)N(C(=O)[C@H](C)OC(=O)c1c[nH]c2ccccc12)C(C)C. The highest BCUT2D eigenvalue weighted by Crippen LogP contribution is 2.19. The number of ether oxygens (including phenoxy) is 1. The van der Waals surface area contributed by atoms with Gasteiger partial charge in [0.2, 0.25) is 0 Å². The molecule has 1 aromatic heterocycles. The lowest BCUT2D eigenvalue weighted by molar-refractivity contribution is -0.143. The minimum atomic E-state index is -0.819. The molecule has 0 saturated carbocycles. The van der Waals surface area contributed by atoms with Crippen LogP contribution in [0.3, 0.4) is 0 Å². The van der Waals surface area contributed by atoms with Crippen molar-refractivity contribution in [1.29, 1.82) is 0 Å². The van der Waals surface area contributed by atoms with Gasteiger partial charge in [-0.1, -0.05) is 18.2 Å². The largest absolute Gasteiger partial charge is 0.449 e. The molecule has 0 bridgehead atoms. The summed E-state index contributed by atoms with van der Waals surface area (Å²) in [5.41, 5.74) is 1.31. The van der Waals surface area contributed by atoms with Crippen LogP contribution in [0.4, 0.5) is 0 Å². The van der Waals surface area contributed by atoms with E-state index in [0.29, 0.717) is 5.56 Å². The van der Waals surface area contributed by atoms with Gasteiger partial charge in [-0.3, -0.25) is 4.79 Å². The molecule has 0 aliphatic rings. The van der Waals surface area contributed by atoms with Gasteiger partial charge < -0.3 is 14.6 Å². The van der Waals surface area contributed by atoms with E-state index in [2.05, 4.69) is 4.98 Å². The fourth-order valence-corrected chi connectivity index (χ4v) is 2.83. The molecule has 1 aromatic carbocycles. The molecule has 1 atom stereocenters. The van der Waals surface area contributed by atoms with Crippen LogP contribution in [-0.2, 0) is 9.53 Å². The van der Waals surface area contributed by atoms with Gasteiger partial charge in [0.1, 0.15) is 0 Å². The van der Waals surface area contributed by atoms with E-state index in [1.807, 2.05) is 52.0 Å². The van der Waals surface area contributed by atoms with Crippen molar-refractivity contribution in [1.82, 2.24) is 9.88 Å². The van der Waals surface area contributed by atoms with E-state index in [9.17, 15) is 9.59 Å². The molecule has 5 nitrogen and oxygen atoms in total. The number of nitrogens with zero attached hydrogens (tertiary/aromatic N) is 1. The molecular weight excluding hydrogens is 292 g/mol. The monoisotopic (exact) mass is 316 g/mol. The average molecular weight is 316 g/mol. The third-order valence-electron chi connectivity index (χ3n) is 3.81. The molecule has 0 aliphatic heterocycles. The number of aromatic amines is 1. The molecule has 2 rings (SSSR count). The van der Waals surface area contributed by atoms with Gasteiger partial charge in [-0.05, 0) is 40.7 Å². The summed E-state index contributed by atoms with van der Waals surface area (Å²) in [6.45, 7) is 9.42. The van der Waals surface area contributed by atoms with Gasteiger partial charge in [-0.2, -0.15) is 0 Å². The first-order chi connectivity index (χ1) is 10.8. The number of esters is 1. The number of benzene rings is 1. The van der Waals surface area contributed by atoms with E-state index in [-0.39, 0.29) is 18.0 Å². The summed E-state index contributed by atoms with van der Waals surface area (Å²) in [6, 6.07) is 7.60. The van der Waals surface area contributed by atoms with Crippen LogP contribution in [0.5, 0.6) is 0 Å². The topological polar surface area (TPSA) is 62.4 Å². The van der Waals surface area contributed by atoms with Crippen LogP contribution in [-0.4, -0.2) is 39.9 Å². The van der Waals surface area contributed by atoms with Crippen LogP contribution < -0.4 is 0 Å². The molecule has 0 unspecified atom stereocenters. The number of amides is 1. The predicted molar refractivity (Wildman–Crippen MR) is 90.3 cm³/mol. The number of carbonyl (C=O) groups is 2. The van der Waals surface area contributed by atoms with Gasteiger partial charge in [0.15, 0.2) is 6.10 Å². The number of para-hydroxylation sites is 1. The summed E-state index contributed by atoms with van der Waals surface area (Å²) in [7, 11) is 0. The van der Waals surface area contributed by atoms with Gasteiger partial charge in [-0.25, -0.2) is 4.79 Å². The zero-order valence-corrected chi connectivity index (χ0v) is 14.3. The fraction of sp³-hybridized carbons (Fsp3) is 0.444. The van der Waals surface area contributed by atoms with Crippen LogP contribution in [0.1, 0.15) is 45.0 Å². The molecule has 124 valence electrons. The third-order valence-corrected chi connectivity index (χ3v) is 3.81. The second-order valence-corrected chi connectivity index (χ2v) is 6.23. The Morgan fingerprint density at radius 2 is 1.65 bits per heavy atom. The first kappa shape index (κ1) is 17.1. The van der Waals surface area contributed by atoms with E-state index < -0.39 is 12.1 Å². The van der Waals surface area contributed by atoms with E-state index in [1.54, 1.807) is 18.0 Å². The highest BCUT2D eigenvalue weighted by molar-refractivity contribution is 6.04. The third kappa shape index (κ3) is 3.55. The van der Waals surface area contributed by atoms with Crippen molar-refractivity contribution in [2.45, 2.75) is 52.8 Å². The van der Waals surface area contributed by atoms with Crippen molar-refractivity contribution in [2.75, 3.05) is 0 Å². The molecule has 0 spiro atoms. The maximum absolute atomic E-state index is 12.5. The van der Waals surface area contributed by atoms with Gasteiger partial charge in [0.05, 0.1) is 5.56 Å². The van der Waals surface area contributed by atoms with Gasteiger partial charge in [0.25, 0.3) is 5.91 Å². The van der Waals surface area contributed by atoms with Crippen molar-refractivity contribution in [2.24, 2.45) is 0 Å². The van der Waals surface area contributed by atoms with Crippen LogP contribution in [0, 0.1) is 0 Å². The van der Waals surface area contributed by atoms with Crippen molar-refractivity contribution >= 4 is 22.8 Å². The van der Waals surface area contributed by atoms with Crippen molar-refractivity contribution < 1.29 is 14.3 Å². The maximum atomic E-state index is 12.5. The second-order valence-electron chi connectivity index (χ2n) is 6.23. The Balaban J connectivity index is 2.14. The summed E-state index contributed by atoms with van der Waals surface area (Å²) < 4.78 is 5.40. The first-order valence-electron chi connectivity index (χ1n) is 7.92. The first-order valence-corrected chi connectivity index (χ1v) is 7.92. The zero-order valence-electron chi connectivity index (χ0n) is 14.3. The zero-order chi connectivity index (χ0) is 17.1. The number of nitrogens with one attached hydrogen (secondary N) is 1. The van der Waals surface area contributed by atoms with E-state index in [4.69, 9.17) is 4.74 Å². The number of fused-ring (bicyclic) bond motifs is 1. The lowest BCUT2D eigenvalue weighted by atomic mass is 10.1. The standard InChI is InChI=1S/C18H24N2O3/c1-11(2)20(12(3)4)17(21)13(5)23-18(22)15-10-19-16-9-7-6-8-14(15)16/h6-13,19H,1-5H3/t13-/m0/s1. The molecule has 2 aromatic rings. The average Bonchev–Trinajstić information content (AvgIpc) is 2.90. The molecule has 1 heterocycles. The summed E-state index contributed by atoms with van der Waals surface area (Å²) in [5.74, 6) is -0.668. The fourth-order valence-electron chi connectivity index (χ4n) is 2.83. The maximum Gasteiger partial charge on any atom is 0.341 e. The Morgan fingerprint density at radius 3 is 2.26 bits per heavy atom. The smallest absolute Gasteiger partial charge is 0.341 e. The summed E-state index contributed by atoms with van der Waals surface area (Å²) >= 11 is 0. The minimum Gasteiger partial charge on any atom is -0.449 e. The molecule has 5 heteroatoms. The number of H-pyrrole nitrogens is 1. The predicted octanol–water partition coefficient (Wildman–Crippen LogP) is 3.36. The van der Waals surface area contributed by atoms with Crippen LogP contribution in [0.2, 0.25) is 0 Å². The molecule has 0 fully saturated rings. The van der Waals surface area contributed by atoms with E-state index in [1.165, 1.54) is 0 Å². The quantitative estimate of drug-likeness (QED) is 0.860. The Kier molecular flexibility index (Phi) is 5.08. The Labute approximate surface area is 136 Å². The van der Waals surface area contributed by atoms with Crippen LogP contribution in [0.15, 0.2) is 30.5 Å². The lowest BCUT2D eigenvalue weighted by Gasteiger charge is -2.32. The molecule has 0 aliphatic carbocycles. The molecule has 1 amide bonds. The molecule has 0 saturated heterocycles. The highest BCUT2D eigenvalue weighted by Gasteiger charge is 2.28. The number of hydrogen-bond acceptors (Lipinski definition) is 3. The summed E-state index contributed by atoms with van der Waals surface area (Å²) in [5, 5.41) is 0.793. The Hall–Kier alpha value is -2.30. The van der Waals surface area contributed by atoms with Crippen molar-refractivity contribution in [3.8, 4) is 0 Å². The number of carbonyl (C=O) groups excluding carboxylic acids is 2. The van der Waals surface area contributed by atoms with Gasteiger partial charge in [0, 0.05) is 29.2 Å². The summed E-state index contributed by atoms with van der Waals surface area (Å²) in [6.07, 6.45) is 0.799. The van der Waals surface area contributed by atoms with E-state index in [0.717, 1.165) is 10.9 Å². The van der Waals surface area contributed by atoms with Crippen molar-refractivity contribution in [3.63, 3.8) is 0 Å². The second kappa shape index (κ2) is 6.86. The number of aromatic nitrogens is 1. The van der Waals surface area contributed by atoms with Crippen LogP contribution >= 0.6 is 0 Å². The number of hydrogen-bond donors (Lipinski definition) is 1. The number of rotatable bonds is 5. The molecular formula is C18H24N2O3. The molecule has 23 heavy (non-hydrogen) atoms. The summed E-state index contributed by atoms with van der Waals surface area (Å²) in [4.78, 5) is 29.7. The van der Waals surface area contributed by atoms with Crippen LogP contribution in [0.25, 0.3) is 10.9 Å². The minimum absolute atomic E-state index is 0.0525. The van der Waals surface area contributed by atoms with Gasteiger partial charge >= 0.3 is 5.97 Å². The van der Waals surface area contributed by atoms with Crippen molar-refractivity contribution in [3.05, 3.63) is 36.0 Å². The lowest BCUT2D eigenvalue weighted by Crippen LogP contribution is -2.47. The molecule has 1 N–H and O–H groups in total. The highest BCUT2D eigenvalue weighted by atomic mass is 16.5. The Morgan fingerprint density at radius 1 is 1.04 bits per heavy atom.